The van der Waals surface area contributed by atoms with Crippen LogP contribution in [-0.4, -0.2) is 37.1 Å². The van der Waals surface area contributed by atoms with Crippen LogP contribution in [0.25, 0.3) is 0 Å². The van der Waals surface area contributed by atoms with E-state index in [0.29, 0.717) is 11.5 Å². The smallest absolute Gasteiger partial charge is 0.0235 e. The molecule has 0 bridgehead atoms. The molecule has 1 fully saturated rings. The Balaban J connectivity index is 1.89. The van der Waals surface area contributed by atoms with Crippen molar-refractivity contribution in [3.05, 3.63) is 35.9 Å². The number of hydrogen-bond donors (Lipinski definition) is 1. The molecular weight excluding hydrogens is 244 g/mol. The number of hydrogen-bond acceptors (Lipinski definition) is 2. The lowest BCUT2D eigenvalue weighted by atomic mass is 9.80. The summed E-state index contributed by atoms with van der Waals surface area (Å²) in [5.41, 5.74) is 1.84. The third kappa shape index (κ3) is 4.32. The third-order valence-corrected chi connectivity index (χ3v) is 4.86. The van der Waals surface area contributed by atoms with E-state index in [-0.39, 0.29) is 0 Å². The zero-order valence-corrected chi connectivity index (χ0v) is 13.5. The van der Waals surface area contributed by atoms with Crippen LogP contribution >= 0.6 is 0 Å². The summed E-state index contributed by atoms with van der Waals surface area (Å²) in [5, 5.41) is 3.67. The molecular formula is C18H30N2. The highest BCUT2D eigenvalue weighted by Gasteiger charge is 2.28. The van der Waals surface area contributed by atoms with Gasteiger partial charge in [-0.1, -0.05) is 58.0 Å². The molecule has 0 amide bonds. The second-order valence-corrected chi connectivity index (χ2v) is 7.22. The second kappa shape index (κ2) is 6.73. The van der Waals surface area contributed by atoms with Crippen LogP contribution in [0.1, 0.15) is 33.3 Å². The normalized spacial score (nSPS) is 21.4. The highest BCUT2D eigenvalue weighted by atomic mass is 15.2. The summed E-state index contributed by atoms with van der Waals surface area (Å²) in [7, 11) is 0. The lowest BCUT2D eigenvalue weighted by molar-refractivity contribution is 0.107. The molecule has 2 rings (SSSR count). The standard InChI is InChI=1S/C18H30N2/c1-15(2)18(3,4)14-20-11-10-19-17(13-20)12-16-8-6-5-7-9-16/h5-9,15,17,19H,10-14H2,1-4H3. The molecule has 1 aliphatic rings. The minimum absolute atomic E-state index is 0.397. The largest absolute Gasteiger partial charge is 0.311 e. The van der Waals surface area contributed by atoms with Crippen molar-refractivity contribution in [2.75, 3.05) is 26.2 Å². The molecule has 2 nitrogen and oxygen atoms in total. The molecule has 1 unspecified atom stereocenters. The van der Waals surface area contributed by atoms with E-state index in [1.807, 2.05) is 0 Å². The molecule has 1 heterocycles. The van der Waals surface area contributed by atoms with Crippen molar-refractivity contribution in [3.8, 4) is 0 Å². The monoisotopic (exact) mass is 274 g/mol. The highest BCUT2D eigenvalue weighted by Crippen LogP contribution is 2.27. The lowest BCUT2D eigenvalue weighted by Crippen LogP contribution is -2.54. The van der Waals surface area contributed by atoms with Crippen LogP contribution in [0.3, 0.4) is 0 Å². The van der Waals surface area contributed by atoms with E-state index in [1.54, 1.807) is 0 Å². The average Bonchev–Trinajstić information content (AvgIpc) is 2.39. The highest BCUT2D eigenvalue weighted by molar-refractivity contribution is 5.16. The molecule has 20 heavy (non-hydrogen) atoms. The van der Waals surface area contributed by atoms with Crippen LogP contribution in [0.2, 0.25) is 0 Å². The van der Waals surface area contributed by atoms with Crippen LogP contribution in [0, 0.1) is 11.3 Å². The van der Waals surface area contributed by atoms with Crippen LogP contribution < -0.4 is 5.32 Å². The van der Waals surface area contributed by atoms with Gasteiger partial charge in [0.25, 0.3) is 0 Å². The molecule has 0 saturated carbocycles. The summed E-state index contributed by atoms with van der Waals surface area (Å²) in [6.45, 7) is 14.1. The number of rotatable bonds is 5. The summed E-state index contributed by atoms with van der Waals surface area (Å²) < 4.78 is 0. The van der Waals surface area contributed by atoms with E-state index in [9.17, 15) is 0 Å². The fourth-order valence-corrected chi connectivity index (χ4v) is 2.83. The number of piperazine rings is 1. The Bertz CT molecular complexity index is 397. The summed E-state index contributed by atoms with van der Waals surface area (Å²) in [4.78, 5) is 2.64. The Hall–Kier alpha value is -0.860. The maximum Gasteiger partial charge on any atom is 0.0235 e. The van der Waals surface area contributed by atoms with Crippen molar-refractivity contribution < 1.29 is 0 Å². The Morgan fingerprint density at radius 2 is 1.95 bits per heavy atom. The van der Waals surface area contributed by atoms with E-state index in [1.165, 1.54) is 25.2 Å². The fraction of sp³-hybridized carbons (Fsp3) is 0.667. The van der Waals surface area contributed by atoms with Crippen molar-refractivity contribution >= 4 is 0 Å². The van der Waals surface area contributed by atoms with Crippen LogP contribution in [0.15, 0.2) is 30.3 Å². The maximum atomic E-state index is 3.67. The molecule has 1 saturated heterocycles. The molecule has 0 radical (unpaired) electrons. The number of nitrogens with zero attached hydrogens (tertiary/aromatic N) is 1. The maximum absolute atomic E-state index is 3.67. The van der Waals surface area contributed by atoms with Crippen molar-refractivity contribution in [3.63, 3.8) is 0 Å². The minimum atomic E-state index is 0.397. The molecule has 1 aromatic carbocycles. The van der Waals surface area contributed by atoms with Gasteiger partial charge in [0.1, 0.15) is 0 Å². The summed E-state index contributed by atoms with van der Waals surface area (Å²) in [6.07, 6.45) is 1.14. The molecule has 0 aliphatic carbocycles. The van der Waals surface area contributed by atoms with Gasteiger partial charge in [0, 0.05) is 32.2 Å². The van der Waals surface area contributed by atoms with Crippen LogP contribution in [0.4, 0.5) is 0 Å². The molecule has 2 heteroatoms. The van der Waals surface area contributed by atoms with E-state index in [0.717, 1.165) is 18.9 Å². The summed E-state index contributed by atoms with van der Waals surface area (Å²) in [5.74, 6) is 0.727. The molecule has 1 N–H and O–H groups in total. The van der Waals surface area contributed by atoms with Gasteiger partial charge in [0.05, 0.1) is 0 Å². The molecule has 1 atom stereocenters. The topological polar surface area (TPSA) is 15.3 Å². The van der Waals surface area contributed by atoms with Crippen molar-refractivity contribution in [1.82, 2.24) is 10.2 Å². The van der Waals surface area contributed by atoms with E-state index in [2.05, 4.69) is 68.2 Å². The SMILES string of the molecule is CC(C)C(C)(C)CN1CCNC(Cc2ccccc2)C1. The van der Waals surface area contributed by atoms with E-state index < -0.39 is 0 Å². The Kier molecular flexibility index (Phi) is 5.22. The molecule has 112 valence electrons. The first-order valence-electron chi connectivity index (χ1n) is 7.97. The summed E-state index contributed by atoms with van der Waals surface area (Å²) in [6, 6.07) is 11.4. The van der Waals surface area contributed by atoms with Crippen molar-refractivity contribution in [1.29, 1.82) is 0 Å². The van der Waals surface area contributed by atoms with E-state index >= 15 is 0 Å². The van der Waals surface area contributed by atoms with Crippen molar-refractivity contribution in [2.24, 2.45) is 11.3 Å². The second-order valence-electron chi connectivity index (χ2n) is 7.22. The first-order chi connectivity index (χ1) is 9.47. The van der Waals surface area contributed by atoms with Gasteiger partial charge in [0.15, 0.2) is 0 Å². The zero-order chi connectivity index (χ0) is 14.6. The quantitative estimate of drug-likeness (QED) is 0.887. The van der Waals surface area contributed by atoms with Gasteiger partial charge in [-0.25, -0.2) is 0 Å². The predicted octanol–water partition coefficient (Wildman–Crippen LogP) is 3.19. The average molecular weight is 274 g/mol. The van der Waals surface area contributed by atoms with Crippen LogP contribution in [0.5, 0.6) is 0 Å². The number of nitrogens with one attached hydrogen (secondary N) is 1. The van der Waals surface area contributed by atoms with Gasteiger partial charge in [-0.2, -0.15) is 0 Å². The fourth-order valence-electron chi connectivity index (χ4n) is 2.83. The zero-order valence-electron chi connectivity index (χ0n) is 13.5. The molecule has 1 aromatic rings. The van der Waals surface area contributed by atoms with Gasteiger partial charge in [-0.15, -0.1) is 0 Å². The van der Waals surface area contributed by atoms with Gasteiger partial charge in [0.2, 0.25) is 0 Å². The first kappa shape index (κ1) is 15.5. The molecule has 0 aromatic heterocycles. The van der Waals surface area contributed by atoms with Crippen molar-refractivity contribution in [2.45, 2.75) is 40.2 Å². The number of benzene rings is 1. The van der Waals surface area contributed by atoms with Gasteiger partial charge in [-0.3, -0.25) is 4.90 Å². The lowest BCUT2D eigenvalue weighted by Gasteiger charge is -2.40. The summed E-state index contributed by atoms with van der Waals surface area (Å²) >= 11 is 0. The molecule has 0 spiro atoms. The van der Waals surface area contributed by atoms with Gasteiger partial charge >= 0.3 is 0 Å². The van der Waals surface area contributed by atoms with Gasteiger partial charge in [-0.05, 0) is 23.3 Å². The Labute approximate surface area is 124 Å². The Morgan fingerprint density at radius 1 is 1.25 bits per heavy atom. The minimum Gasteiger partial charge on any atom is -0.311 e. The Morgan fingerprint density at radius 3 is 2.60 bits per heavy atom. The first-order valence-corrected chi connectivity index (χ1v) is 7.97. The van der Waals surface area contributed by atoms with E-state index in [4.69, 9.17) is 0 Å². The predicted molar refractivity (Wildman–Crippen MR) is 87.0 cm³/mol. The van der Waals surface area contributed by atoms with Crippen LogP contribution in [-0.2, 0) is 6.42 Å². The van der Waals surface area contributed by atoms with Gasteiger partial charge < -0.3 is 5.32 Å². The third-order valence-electron chi connectivity index (χ3n) is 4.86. The molecule has 1 aliphatic heterocycles.